The first-order valence-corrected chi connectivity index (χ1v) is 7.11. The first-order valence-electron chi connectivity index (χ1n) is 7.11. The molecule has 1 aliphatic rings. The lowest BCUT2D eigenvalue weighted by atomic mass is 10.0. The van der Waals surface area contributed by atoms with E-state index in [1.807, 2.05) is 30.3 Å². The van der Waals surface area contributed by atoms with Gasteiger partial charge in [0, 0.05) is 18.7 Å². The monoisotopic (exact) mass is 304 g/mol. The van der Waals surface area contributed by atoms with Crippen molar-refractivity contribution in [2.75, 3.05) is 18.6 Å². The molecule has 6 heteroatoms. The van der Waals surface area contributed by atoms with Crippen molar-refractivity contribution in [3.8, 4) is 0 Å². The summed E-state index contributed by atoms with van der Waals surface area (Å²) in [6.45, 7) is 3.46. The number of carbonyl (C=O) groups is 3. The second-order valence-electron chi connectivity index (χ2n) is 5.85. The smallest absolute Gasteiger partial charge is 0.330 e. The van der Waals surface area contributed by atoms with E-state index in [4.69, 9.17) is 0 Å². The summed E-state index contributed by atoms with van der Waals surface area (Å²) < 4.78 is 4.66. The molecule has 2 rings (SSSR count). The Balaban J connectivity index is 2.05. The van der Waals surface area contributed by atoms with Crippen molar-refractivity contribution in [2.45, 2.75) is 25.8 Å². The Bertz CT molecular complexity index is 583. The third kappa shape index (κ3) is 3.27. The Morgan fingerprint density at radius 2 is 1.91 bits per heavy atom. The Labute approximate surface area is 129 Å². The zero-order valence-electron chi connectivity index (χ0n) is 13.0. The average molecular weight is 304 g/mol. The minimum atomic E-state index is -1.12. The summed E-state index contributed by atoms with van der Waals surface area (Å²) >= 11 is 0. The molecular formula is C16H20N2O4. The summed E-state index contributed by atoms with van der Waals surface area (Å²) in [7, 11) is 1.27. The van der Waals surface area contributed by atoms with Crippen molar-refractivity contribution >= 4 is 23.5 Å². The van der Waals surface area contributed by atoms with Crippen LogP contribution >= 0.6 is 0 Å². The molecule has 0 saturated carbocycles. The first-order chi connectivity index (χ1) is 10.3. The lowest BCUT2D eigenvalue weighted by Crippen LogP contribution is -2.52. The van der Waals surface area contributed by atoms with E-state index in [9.17, 15) is 14.4 Å². The van der Waals surface area contributed by atoms with Crippen LogP contribution in [-0.4, -0.2) is 37.0 Å². The fourth-order valence-electron chi connectivity index (χ4n) is 2.46. The summed E-state index contributed by atoms with van der Waals surface area (Å²) in [6, 6.07) is 9.22. The van der Waals surface area contributed by atoms with E-state index in [1.54, 1.807) is 18.7 Å². The van der Waals surface area contributed by atoms with Gasteiger partial charge in [0.2, 0.25) is 11.8 Å². The minimum Gasteiger partial charge on any atom is -0.467 e. The van der Waals surface area contributed by atoms with Gasteiger partial charge in [0.15, 0.2) is 0 Å². The summed E-state index contributed by atoms with van der Waals surface area (Å²) in [4.78, 5) is 37.6. The van der Waals surface area contributed by atoms with E-state index in [1.165, 1.54) is 7.11 Å². The van der Waals surface area contributed by atoms with E-state index in [0.717, 1.165) is 5.69 Å². The summed E-state index contributed by atoms with van der Waals surface area (Å²) in [5, 5.41) is 2.65. The molecule has 1 N–H and O–H groups in total. The third-order valence-corrected chi connectivity index (χ3v) is 3.70. The summed E-state index contributed by atoms with van der Waals surface area (Å²) in [5.74, 6) is -1.41. The SMILES string of the molecule is COC(=O)C(C)(C)NC(=O)C1CC(=O)N(c2ccccc2)C1. The van der Waals surface area contributed by atoms with Gasteiger partial charge in [-0.3, -0.25) is 9.59 Å². The van der Waals surface area contributed by atoms with Gasteiger partial charge in [-0.15, -0.1) is 0 Å². The van der Waals surface area contributed by atoms with Gasteiger partial charge in [-0.05, 0) is 26.0 Å². The molecule has 2 amide bonds. The van der Waals surface area contributed by atoms with Gasteiger partial charge in [-0.25, -0.2) is 4.79 Å². The van der Waals surface area contributed by atoms with Crippen molar-refractivity contribution in [1.82, 2.24) is 5.32 Å². The average Bonchev–Trinajstić information content (AvgIpc) is 2.89. The zero-order valence-corrected chi connectivity index (χ0v) is 13.0. The fourth-order valence-corrected chi connectivity index (χ4v) is 2.46. The molecule has 0 aliphatic carbocycles. The molecule has 1 unspecified atom stereocenters. The number of para-hydroxylation sites is 1. The first kappa shape index (κ1) is 16.0. The van der Waals surface area contributed by atoms with Crippen LogP contribution in [0.4, 0.5) is 5.69 Å². The predicted octanol–water partition coefficient (Wildman–Crippen LogP) is 1.11. The van der Waals surface area contributed by atoms with Crippen LogP contribution in [0.3, 0.4) is 0 Å². The van der Waals surface area contributed by atoms with Crippen LogP contribution in [-0.2, 0) is 19.1 Å². The largest absolute Gasteiger partial charge is 0.467 e. The number of amides is 2. The highest BCUT2D eigenvalue weighted by atomic mass is 16.5. The number of nitrogens with zero attached hydrogens (tertiary/aromatic N) is 1. The number of benzene rings is 1. The number of anilines is 1. The van der Waals surface area contributed by atoms with Crippen molar-refractivity contribution in [2.24, 2.45) is 5.92 Å². The van der Waals surface area contributed by atoms with E-state index < -0.39 is 17.4 Å². The third-order valence-electron chi connectivity index (χ3n) is 3.70. The van der Waals surface area contributed by atoms with Crippen molar-refractivity contribution in [1.29, 1.82) is 0 Å². The summed E-state index contributed by atoms with van der Waals surface area (Å²) in [5.41, 5.74) is -0.343. The van der Waals surface area contributed by atoms with Crippen LogP contribution in [0, 0.1) is 5.92 Å². The Hall–Kier alpha value is -2.37. The van der Waals surface area contributed by atoms with E-state index in [0.29, 0.717) is 6.54 Å². The number of ether oxygens (including phenoxy) is 1. The standard InChI is InChI=1S/C16H20N2O4/c1-16(2,15(21)22-3)17-14(20)11-9-13(19)18(10-11)12-7-5-4-6-8-12/h4-8,11H,9-10H2,1-3H3,(H,17,20). The number of hydrogen-bond acceptors (Lipinski definition) is 4. The predicted molar refractivity (Wildman–Crippen MR) is 81.1 cm³/mol. The van der Waals surface area contributed by atoms with Crippen LogP contribution < -0.4 is 10.2 Å². The Morgan fingerprint density at radius 1 is 1.27 bits per heavy atom. The molecule has 0 spiro atoms. The molecule has 1 atom stereocenters. The van der Waals surface area contributed by atoms with Crippen LogP contribution in [0.25, 0.3) is 0 Å². The molecule has 1 aliphatic heterocycles. The van der Waals surface area contributed by atoms with Crippen molar-refractivity contribution < 1.29 is 19.1 Å². The number of carbonyl (C=O) groups excluding carboxylic acids is 3. The van der Waals surface area contributed by atoms with E-state index >= 15 is 0 Å². The highest BCUT2D eigenvalue weighted by Gasteiger charge is 2.39. The lowest BCUT2D eigenvalue weighted by molar-refractivity contribution is -0.149. The highest BCUT2D eigenvalue weighted by Crippen LogP contribution is 2.25. The van der Waals surface area contributed by atoms with Crippen LogP contribution in [0.2, 0.25) is 0 Å². The highest BCUT2D eigenvalue weighted by molar-refractivity contribution is 6.01. The fraction of sp³-hybridized carbons (Fsp3) is 0.438. The molecule has 22 heavy (non-hydrogen) atoms. The van der Waals surface area contributed by atoms with Crippen LogP contribution in [0.15, 0.2) is 30.3 Å². The normalized spacial score (nSPS) is 18.2. The van der Waals surface area contributed by atoms with Gasteiger partial charge in [-0.1, -0.05) is 18.2 Å². The van der Waals surface area contributed by atoms with Gasteiger partial charge in [0.05, 0.1) is 13.0 Å². The molecule has 1 aromatic carbocycles. The molecule has 118 valence electrons. The Kier molecular flexibility index (Phi) is 4.49. The molecule has 0 aromatic heterocycles. The van der Waals surface area contributed by atoms with Gasteiger partial charge < -0.3 is 15.0 Å². The molecule has 0 bridgehead atoms. The van der Waals surface area contributed by atoms with Crippen molar-refractivity contribution in [3.63, 3.8) is 0 Å². The number of esters is 1. The molecule has 1 heterocycles. The molecular weight excluding hydrogens is 284 g/mol. The van der Waals surface area contributed by atoms with Gasteiger partial charge >= 0.3 is 5.97 Å². The molecule has 6 nitrogen and oxygen atoms in total. The maximum atomic E-state index is 12.3. The van der Waals surface area contributed by atoms with Crippen LogP contribution in [0.5, 0.6) is 0 Å². The summed E-state index contributed by atoms with van der Waals surface area (Å²) in [6.07, 6.45) is 0.137. The zero-order chi connectivity index (χ0) is 16.3. The topological polar surface area (TPSA) is 75.7 Å². The maximum absolute atomic E-state index is 12.3. The number of hydrogen-bond donors (Lipinski definition) is 1. The number of methoxy groups -OCH3 is 1. The van der Waals surface area contributed by atoms with E-state index in [2.05, 4.69) is 10.1 Å². The molecule has 1 aromatic rings. The Morgan fingerprint density at radius 3 is 2.50 bits per heavy atom. The lowest BCUT2D eigenvalue weighted by Gasteiger charge is -2.24. The molecule has 1 fully saturated rings. The second kappa shape index (κ2) is 6.17. The van der Waals surface area contributed by atoms with Gasteiger partial charge in [0.25, 0.3) is 0 Å². The number of nitrogens with one attached hydrogen (secondary N) is 1. The van der Waals surface area contributed by atoms with Crippen LogP contribution in [0.1, 0.15) is 20.3 Å². The second-order valence-corrected chi connectivity index (χ2v) is 5.85. The van der Waals surface area contributed by atoms with Gasteiger partial charge in [0.1, 0.15) is 5.54 Å². The molecule has 1 saturated heterocycles. The minimum absolute atomic E-state index is 0.0952. The van der Waals surface area contributed by atoms with Crippen molar-refractivity contribution in [3.05, 3.63) is 30.3 Å². The number of rotatable bonds is 4. The maximum Gasteiger partial charge on any atom is 0.330 e. The quantitative estimate of drug-likeness (QED) is 0.845. The van der Waals surface area contributed by atoms with Gasteiger partial charge in [-0.2, -0.15) is 0 Å². The molecule has 0 radical (unpaired) electrons. The van der Waals surface area contributed by atoms with E-state index in [-0.39, 0.29) is 18.2 Å².